The minimum atomic E-state index is -3.72. The largest absolute Gasteiger partial charge is 0.354 e. The highest BCUT2D eigenvalue weighted by molar-refractivity contribution is 14.1. The fourth-order valence-corrected chi connectivity index (χ4v) is 4.38. The minimum absolute atomic E-state index is 0.205. The molecule has 0 aliphatic heterocycles. The van der Waals surface area contributed by atoms with E-state index < -0.39 is 28.5 Å². The molecule has 2 aromatic rings. The van der Waals surface area contributed by atoms with Crippen molar-refractivity contribution in [3.63, 3.8) is 0 Å². The van der Waals surface area contributed by atoms with Crippen LogP contribution in [0.4, 0.5) is 5.69 Å². The predicted molar refractivity (Wildman–Crippen MR) is 136 cm³/mol. The van der Waals surface area contributed by atoms with Crippen LogP contribution in [0.15, 0.2) is 48.5 Å². The molecular formula is C23H30IN3O4S. The quantitative estimate of drug-likeness (QED) is 0.444. The van der Waals surface area contributed by atoms with E-state index in [1.807, 2.05) is 38.1 Å². The lowest BCUT2D eigenvalue weighted by Gasteiger charge is -2.31. The second-order valence-electron chi connectivity index (χ2n) is 7.66. The Kier molecular flexibility index (Phi) is 9.50. The molecule has 0 heterocycles. The summed E-state index contributed by atoms with van der Waals surface area (Å²) in [5.74, 6) is -0.717. The maximum Gasteiger partial charge on any atom is 0.244 e. The van der Waals surface area contributed by atoms with E-state index in [-0.39, 0.29) is 12.5 Å². The number of rotatable bonds is 10. The number of hydrogen-bond donors (Lipinski definition) is 1. The number of benzene rings is 2. The number of halogens is 1. The van der Waals surface area contributed by atoms with Gasteiger partial charge in [-0.25, -0.2) is 8.42 Å². The molecular weight excluding hydrogens is 541 g/mol. The number of nitrogens with zero attached hydrogens (tertiary/aromatic N) is 2. The molecule has 1 N–H and O–H groups in total. The van der Waals surface area contributed by atoms with Crippen molar-refractivity contribution in [2.24, 2.45) is 0 Å². The predicted octanol–water partition coefficient (Wildman–Crippen LogP) is 3.31. The molecule has 0 bridgehead atoms. The lowest BCUT2D eigenvalue weighted by Crippen LogP contribution is -2.51. The third-order valence-corrected chi connectivity index (χ3v) is 6.97. The minimum Gasteiger partial charge on any atom is -0.354 e. The van der Waals surface area contributed by atoms with Crippen molar-refractivity contribution in [2.75, 3.05) is 23.7 Å². The smallest absolute Gasteiger partial charge is 0.244 e. The van der Waals surface area contributed by atoms with Crippen molar-refractivity contribution in [3.05, 3.63) is 63.2 Å². The van der Waals surface area contributed by atoms with Gasteiger partial charge in [0.15, 0.2) is 0 Å². The van der Waals surface area contributed by atoms with Gasteiger partial charge in [-0.15, -0.1) is 0 Å². The van der Waals surface area contributed by atoms with Crippen LogP contribution in [0, 0.1) is 10.5 Å². The molecule has 174 valence electrons. The second-order valence-corrected chi connectivity index (χ2v) is 10.8. The van der Waals surface area contributed by atoms with E-state index >= 15 is 0 Å². The van der Waals surface area contributed by atoms with E-state index in [4.69, 9.17) is 0 Å². The van der Waals surface area contributed by atoms with Crippen LogP contribution in [0.3, 0.4) is 0 Å². The molecule has 0 aliphatic rings. The third kappa shape index (κ3) is 7.19. The third-order valence-electron chi connectivity index (χ3n) is 5.11. The monoisotopic (exact) mass is 571 g/mol. The Balaban J connectivity index is 2.37. The van der Waals surface area contributed by atoms with Gasteiger partial charge in [0.05, 0.1) is 11.9 Å². The van der Waals surface area contributed by atoms with Gasteiger partial charge in [-0.05, 0) is 78.3 Å². The normalized spacial score (nSPS) is 12.2. The number of amides is 2. The summed E-state index contributed by atoms with van der Waals surface area (Å²) >= 11 is 2.13. The van der Waals surface area contributed by atoms with Gasteiger partial charge in [-0.3, -0.25) is 13.9 Å². The summed E-state index contributed by atoms with van der Waals surface area (Å²) in [6, 6.07) is 13.8. The molecule has 0 saturated heterocycles. The first-order valence-corrected chi connectivity index (χ1v) is 13.3. The number of nitrogens with one attached hydrogen (secondary N) is 1. The summed E-state index contributed by atoms with van der Waals surface area (Å²) in [6.45, 7) is 5.87. The van der Waals surface area contributed by atoms with Crippen LogP contribution in [-0.4, -0.2) is 50.5 Å². The maximum atomic E-state index is 13.4. The van der Waals surface area contributed by atoms with Crippen molar-refractivity contribution < 1.29 is 18.0 Å². The van der Waals surface area contributed by atoms with E-state index in [1.165, 1.54) is 4.90 Å². The lowest BCUT2D eigenvalue weighted by atomic mass is 10.1. The zero-order chi connectivity index (χ0) is 23.9. The average molecular weight is 571 g/mol. The summed E-state index contributed by atoms with van der Waals surface area (Å²) in [5, 5.41) is 2.82. The van der Waals surface area contributed by atoms with Gasteiger partial charge in [0.25, 0.3) is 0 Å². The van der Waals surface area contributed by atoms with Crippen molar-refractivity contribution in [2.45, 2.75) is 39.8 Å². The molecule has 0 spiro atoms. The van der Waals surface area contributed by atoms with Crippen LogP contribution in [0.2, 0.25) is 0 Å². The zero-order valence-electron chi connectivity index (χ0n) is 18.8. The summed E-state index contributed by atoms with van der Waals surface area (Å²) in [7, 11) is -3.72. The van der Waals surface area contributed by atoms with E-state index in [1.54, 1.807) is 31.2 Å². The Morgan fingerprint density at radius 2 is 1.72 bits per heavy atom. The molecule has 0 aromatic heterocycles. The van der Waals surface area contributed by atoms with Crippen molar-refractivity contribution in [1.82, 2.24) is 10.2 Å². The standard InChI is InChI=1S/C23H30IN3O4S/c1-5-14-25-23(29)18(3)26(15-19-9-7-6-8-17(19)2)22(28)16-27(32(4,30)31)21-12-10-20(24)11-13-21/h6-13,18H,5,14-16H2,1-4H3,(H,25,29). The summed E-state index contributed by atoms with van der Waals surface area (Å²) in [6.07, 6.45) is 1.85. The fraction of sp³-hybridized carbons (Fsp3) is 0.391. The van der Waals surface area contributed by atoms with E-state index in [9.17, 15) is 18.0 Å². The van der Waals surface area contributed by atoms with Crippen molar-refractivity contribution in [3.8, 4) is 0 Å². The Morgan fingerprint density at radius 3 is 2.28 bits per heavy atom. The van der Waals surface area contributed by atoms with Crippen LogP contribution < -0.4 is 9.62 Å². The molecule has 32 heavy (non-hydrogen) atoms. The number of carbonyl (C=O) groups excluding carboxylic acids is 2. The van der Waals surface area contributed by atoms with Crippen LogP contribution in [-0.2, 0) is 26.2 Å². The SMILES string of the molecule is CCCNC(=O)C(C)N(Cc1ccccc1C)C(=O)CN(c1ccc(I)cc1)S(C)(=O)=O. The maximum absolute atomic E-state index is 13.4. The van der Waals surface area contributed by atoms with Gasteiger partial charge in [0.2, 0.25) is 21.8 Å². The molecule has 2 aromatic carbocycles. The van der Waals surface area contributed by atoms with E-state index in [0.717, 1.165) is 31.7 Å². The van der Waals surface area contributed by atoms with Gasteiger partial charge in [0.1, 0.15) is 12.6 Å². The van der Waals surface area contributed by atoms with Gasteiger partial charge < -0.3 is 10.2 Å². The summed E-state index contributed by atoms with van der Waals surface area (Å²) in [4.78, 5) is 27.5. The highest BCUT2D eigenvalue weighted by atomic mass is 127. The molecule has 0 fully saturated rings. The Morgan fingerprint density at radius 1 is 1.09 bits per heavy atom. The number of carbonyl (C=O) groups is 2. The molecule has 1 atom stereocenters. The van der Waals surface area contributed by atoms with Gasteiger partial charge in [-0.2, -0.15) is 0 Å². The van der Waals surface area contributed by atoms with E-state index in [0.29, 0.717) is 12.2 Å². The van der Waals surface area contributed by atoms with Gasteiger partial charge in [-0.1, -0.05) is 31.2 Å². The zero-order valence-corrected chi connectivity index (χ0v) is 21.8. The Hall–Kier alpha value is -2.14. The highest BCUT2D eigenvalue weighted by Gasteiger charge is 2.30. The van der Waals surface area contributed by atoms with Crippen LogP contribution in [0.5, 0.6) is 0 Å². The summed E-state index contributed by atoms with van der Waals surface area (Å²) in [5.41, 5.74) is 2.29. The topological polar surface area (TPSA) is 86.8 Å². The number of anilines is 1. The van der Waals surface area contributed by atoms with E-state index in [2.05, 4.69) is 27.9 Å². The highest BCUT2D eigenvalue weighted by Crippen LogP contribution is 2.21. The first kappa shape index (κ1) is 26.1. The number of sulfonamides is 1. The fourth-order valence-electron chi connectivity index (χ4n) is 3.17. The second kappa shape index (κ2) is 11.6. The first-order chi connectivity index (χ1) is 15.0. The lowest BCUT2D eigenvalue weighted by molar-refractivity contribution is -0.139. The first-order valence-electron chi connectivity index (χ1n) is 10.4. The summed E-state index contributed by atoms with van der Waals surface area (Å²) < 4.78 is 27.0. The van der Waals surface area contributed by atoms with Crippen LogP contribution in [0.25, 0.3) is 0 Å². The van der Waals surface area contributed by atoms with Crippen molar-refractivity contribution >= 4 is 50.1 Å². The number of aryl methyl sites for hydroxylation is 1. The molecule has 1 unspecified atom stereocenters. The molecule has 2 amide bonds. The Labute approximate surface area is 204 Å². The van der Waals surface area contributed by atoms with Gasteiger partial charge in [0, 0.05) is 16.7 Å². The van der Waals surface area contributed by atoms with Crippen molar-refractivity contribution in [1.29, 1.82) is 0 Å². The molecule has 0 aliphatic carbocycles. The molecule has 7 nitrogen and oxygen atoms in total. The number of hydrogen-bond acceptors (Lipinski definition) is 4. The van der Waals surface area contributed by atoms with Gasteiger partial charge >= 0.3 is 0 Å². The Bertz CT molecular complexity index is 1040. The molecule has 2 rings (SSSR count). The molecule has 9 heteroatoms. The molecule has 0 radical (unpaired) electrons. The van der Waals surface area contributed by atoms with Crippen LogP contribution in [0.1, 0.15) is 31.4 Å². The average Bonchev–Trinajstić information content (AvgIpc) is 2.74. The molecule has 0 saturated carbocycles. The van der Waals surface area contributed by atoms with Crippen LogP contribution >= 0.6 is 22.6 Å².